The molecule has 1 amide bonds. The lowest BCUT2D eigenvalue weighted by Gasteiger charge is -2.17. The van der Waals surface area contributed by atoms with E-state index in [0.29, 0.717) is 17.1 Å². The SMILES string of the molecule is Cc1nn(CC(=O)N(C)c2cccc(F)c2)c(C)c1N. The molecule has 6 heteroatoms. The van der Waals surface area contributed by atoms with Gasteiger partial charge in [0, 0.05) is 12.7 Å². The minimum Gasteiger partial charge on any atom is -0.396 e. The Labute approximate surface area is 116 Å². The predicted octanol–water partition coefficient (Wildman–Crippen LogP) is 1.88. The minimum absolute atomic E-state index is 0.0664. The van der Waals surface area contributed by atoms with Gasteiger partial charge in [-0.25, -0.2) is 4.39 Å². The van der Waals surface area contributed by atoms with E-state index in [0.717, 1.165) is 5.69 Å². The molecule has 2 N–H and O–H groups in total. The van der Waals surface area contributed by atoms with Crippen LogP contribution in [0.15, 0.2) is 24.3 Å². The number of nitrogens with two attached hydrogens (primary N) is 1. The number of nitrogens with zero attached hydrogens (tertiary/aromatic N) is 3. The van der Waals surface area contributed by atoms with E-state index in [1.807, 2.05) is 6.92 Å². The maximum atomic E-state index is 13.2. The molecule has 0 radical (unpaired) electrons. The van der Waals surface area contributed by atoms with Crippen LogP contribution in [-0.4, -0.2) is 22.7 Å². The highest BCUT2D eigenvalue weighted by Crippen LogP contribution is 2.17. The van der Waals surface area contributed by atoms with Crippen molar-refractivity contribution in [3.63, 3.8) is 0 Å². The third-order valence-corrected chi connectivity index (χ3v) is 3.29. The van der Waals surface area contributed by atoms with Crippen LogP contribution >= 0.6 is 0 Å². The summed E-state index contributed by atoms with van der Waals surface area (Å²) in [5.74, 6) is -0.571. The largest absolute Gasteiger partial charge is 0.396 e. The molecule has 5 nitrogen and oxygen atoms in total. The van der Waals surface area contributed by atoms with Gasteiger partial charge in [-0.3, -0.25) is 9.48 Å². The Morgan fingerprint density at radius 1 is 1.45 bits per heavy atom. The third-order valence-electron chi connectivity index (χ3n) is 3.29. The van der Waals surface area contributed by atoms with E-state index in [4.69, 9.17) is 5.73 Å². The molecule has 0 aliphatic carbocycles. The van der Waals surface area contributed by atoms with Gasteiger partial charge in [-0.2, -0.15) is 5.10 Å². The first-order valence-electron chi connectivity index (χ1n) is 6.21. The monoisotopic (exact) mass is 276 g/mol. The Morgan fingerprint density at radius 2 is 2.15 bits per heavy atom. The van der Waals surface area contributed by atoms with E-state index in [2.05, 4.69) is 5.10 Å². The Kier molecular flexibility index (Phi) is 3.74. The molecular weight excluding hydrogens is 259 g/mol. The average Bonchev–Trinajstić information content (AvgIpc) is 2.65. The van der Waals surface area contributed by atoms with Gasteiger partial charge in [0.15, 0.2) is 0 Å². The molecule has 0 spiro atoms. The predicted molar refractivity (Wildman–Crippen MR) is 75.9 cm³/mol. The highest BCUT2D eigenvalue weighted by atomic mass is 19.1. The number of aromatic nitrogens is 2. The van der Waals surface area contributed by atoms with Crippen LogP contribution in [0.2, 0.25) is 0 Å². The van der Waals surface area contributed by atoms with Gasteiger partial charge in [0.05, 0.1) is 17.1 Å². The van der Waals surface area contributed by atoms with Crippen LogP contribution in [-0.2, 0) is 11.3 Å². The summed E-state index contributed by atoms with van der Waals surface area (Å²) in [6.07, 6.45) is 0. The van der Waals surface area contributed by atoms with Gasteiger partial charge in [-0.15, -0.1) is 0 Å². The smallest absolute Gasteiger partial charge is 0.248 e. The van der Waals surface area contributed by atoms with Crippen molar-refractivity contribution >= 4 is 17.3 Å². The Hall–Kier alpha value is -2.37. The molecule has 2 rings (SSSR count). The molecule has 1 aromatic carbocycles. The van der Waals surface area contributed by atoms with Crippen molar-refractivity contribution in [2.45, 2.75) is 20.4 Å². The number of hydrogen-bond acceptors (Lipinski definition) is 3. The lowest BCUT2D eigenvalue weighted by Crippen LogP contribution is -2.30. The fourth-order valence-corrected chi connectivity index (χ4v) is 1.93. The number of anilines is 2. The topological polar surface area (TPSA) is 64.2 Å². The van der Waals surface area contributed by atoms with Crippen LogP contribution in [0.4, 0.5) is 15.8 Å². The zero-order valence-corrected chi connectivity index (χ0v) is 11.7. The standard InChI is InChI=1S/C14H17FN4O/c1-9-14(16)10(2)19(17-9)8-13(20)18(3)12-6-4-5-11(15)7-12/h4-7H,8,16H2,1-3H3. The maximum absolute atomic E-state index is 13.2. The average molecular weight is 276 g/mol. The summed E-state index contributed by atoms with van der Waals surface area (Å²) < 4.78 is 14.7. The van der Waals surface area contributed by atoms with Crippen molar-refractivity contribution in [2.75, 3.05) is 17.7 Å². The molecule has 0 aliphatic heterocycles. The summed E-state index contributed by atoms with van der Waals surface area (Å²) in [6.45, 7) is 3.67. The second kappa shape index (κ2) is 5.32. The lowest BCUT2D eigenvalue weighted by atomic mass is 10.3. The van der Waals surface area contributed by atoms with Gasteiger partial charge in [-0.1, -0.05) is 6.07 Å². The van der Waals surface area contributed by atoms with Crippen LogP contribution < -0.4 is 10.6 Å². The highest BCUT2D eigenvalue weighted by Gasteiger charge is 2.15. The number of carbonyl (C=O) groups excluding carboxylic acids is 1. The summed E-state index contributed by atoms with van der Waals surface area (Å²) in [6, 6.07) is 5.89. The molecule has 0 atom stereocenters. The molecule has 0 saturated heterocycles. The number of amides is 1. The van der Waals surface area contributed by atoms with Gasteiger partial charge in [-0.05, 0) is 32.0 Å². The molecule has 0 saturated carbocycles. The van der Waals surface area contributed by atoms with Gasteiger partial charge < -0.3 is 10.6 Å². The summed E-state index contributed by atoms with van der Waals surface area (Å²) in [5.41, 5.74) is 8.37. The molecule has 0 unspecified atom stereocenters. The van der Waals surface area contributed by atoms with E-state index in [1.54, 1.807) is 30.8 Å². The zero-order chi connectivity index (χ0) is 14.9. The molecule has 0 aliphatic rings. The van der Waals surface area contributed by atoms with Crippen molar-refractivity contribution < 1.29 is 9.18 Å². The minimum atomic E-state index is -0.377. The van der Waals surface area contributed by atoms with Crippen LogP contribution in [0.25, 0.3) is 0 Å². The van der Waals surface area contributed by atoms with Gasteiger partial charge in [0.1, 0.15) is 12.4 Å². The van der Waals surface area contributed by atoms with E-state index in [9.17, 15) is 9.18 Å². The Balaban J connectivity index is 2.17. The van der Waals surface area contributed by atoms with E-state index in [-0.39, 0.29) is 18.3 Å². The van der Waals surface area contributed by atoms with Crippen molar-refractivity contribution in [3.05, 3.63) is 41.5 Å². The first-order valence-corrected chi connectivity index (χ1v) is 6.21. The van der Waals surface area contributed by atoms with Gasteiger partial charge in [0.2, 0.25) is 5.91 Å². The third kappa shape index (κ3) is 2.64. The molecule has 0 fully saturated rings. The molecule has 106 valence electrons. The Bertz CT molecular complexity index is 651. The van der Waals surface area contributed by atoms with Crippen LogP contribution in [0, 0.1) is 19.7 Å². The molecule has 1 aromatic heterocycles. The van der Waals surface area contributed by atoms with Crippen molar-refractivity contribution in [1.29, 1.82) is 0 Å². The van der Waals surface area contributed by atoms with Crippen LogP contribution in [0.3, 0.4) is 0 Å². The molecule has 2 aromatic rings. The summed E-state index contributed by atoms with van der Waals surface area (Å²) in [5, 5.41) is 4.21. The first kappa shape index (κ1) is 14.0. The number of likely N-dealkylation sites (N-methyl/N-ethyl adjacent to an activating group) is 1. The second-order valence-corrected chi connectivity index (χ2v) is 4.67. The fourth-order valence-electron chi connectivity index (χ4n) is 1.93. The number of aryl methyl sites for hydroxylation is 1. The van der Waals surface area contributed by atoms with E-state index in [1.165, 1.54) is 17.0 Å². The number of nitrogen functional groups attached to an aromatic ring is 1. The molecule has 20 heavy (non-hydrogen) atoms. The number of carbonyl (C=O) groups is 1. The summed E-state index contributed by atoms with van der Waals surface area (Å²) >= 11 is 0. The highest BCUT2D eigenvalue weighted by molar-refractivity contribution is 5.92. The Morgan fingerprint density at radius 3 is 2.70 bits per heavy atom. The quantitative estimate of drug-likeness (QED) is 0.931. The van der Waals surface area contributed by atoms with E-state index >= 15 is 0 Å². The second-order valence-electron chi connectivity index (χ2n) is 4.67. The normalized spacial score (nSPS) is 10.6. The van der Waals surface area contributed by atoms with Crippen molar-refractivity contribution in [1.82, 2.24) is 9.78 Å². The number of rotatable bonds is 3. The molecule has 1 heterocycles. The number of hydrogen-bond donors (Lipinski definition) is 1. The summed E-state index contributed by atoms with van der Waals surface area (Å²) in [4.78, 5) is 13.6. The first-order chi connectivity index (χ1) is 9.40. The van der Waals surface area contributed by atoms with Crippen LogP contribution in [0.1, 0.15) is 11.4 Å². The summed E-state index contributed by atoms with van der Waals surface area (Å²) in [7, 11) is 1.60. The molecular formula is C14H17FN4O. The molecule has 0 bridgehead atoms. The maximum Gasteiger partial charge on any atom is 0.248 e. The fraction of sp³-hybridized carbons (Fsp3) is 0.286. The zero-order valence-electron chi connectivity index (χ0n) is 11.7. The number of benzene rings is 1. The van der Waals surface area contributed by atoms with Crippen LogP contribution in [0.5, 0.6) is 0 Å². The van der Waals surface area contributed by atoms with E-state index < -0.39 is 0 Å². The van der Waals surface area contributed by atoms with Gasteiger partial charge >= 0.3 is 0 Å². The van der Waals surface area contributed by atoms with Crippen molar-refractivity contribution in [2.24, 2.45) is 0 Å². The lowest BCUT2D eigenvalue weighted by molar-refractivity contribution is -0.119. The van der Waals surface area contributed by atoms with Gasteiger partial charge in [0.25, 0.3) is 0 Å². The van der Waals surface area contributed by atoms with Crippen molar-refractivity contribution in [3.8, 4) is 0 Å². The number of halogens is 1.